The average molecular weight is 156 g/mol. The summed E-state index contributed by atoms with van der Waals surface area (Å²) in [4.78, 5) is 16.6. The minimum atomic E-state index is -0.583. The fraction of sp³-hybridized carbons (Fsp3) is 0. The number of hydrogen-bond acceptors (Lipinski definition) is 4. The summed E-state index contributed by atoms with van der Waals surface area (Å²) in [5.41, 5.74) is 12.2. The van der Waals surface area contributed by atoms with Crippen LogP contribution in [0.4, 0.5) is 5.95 Å². The summed E-state index contributed by atoms with van der Waals surface area (Å²) in [7, 11) is 0. The van der Waals surface area contributed by atoms with Crippen molar-refractivity contribution in [2.24, 2.45) is 0 Å². The molecule has 0 atom stereocenters. The highest BCUT2D eigenvalue weighted by atomic mass is 16.6. The Morgan fingerprint density at radius 3 is 2.64 bits per heavy atom. The van der Waals surface area contributed by atoms with E-state index < -0.39 is 4.92 Å². The highest BCUT2D eigenvalue weighted by Crippen LogP contribution is 1.96. The second kappa shape index (κ2) is 4.77. The maximum Gasteiger partial charge on any atom is 0.432 e. The fourth-order valence-electron chi connectivity index (χ4n) is 0.357. The molecule has 0 unspecified atom stereocenters. The van der Waals surface area contributed by atoms with E-state index in [4.69, 9.17) is 11.1 Å². The largest absolute Gasteiger partial charge is 0.432 e. The summed E-state index contributed by atoms with van der Waals surface area (Å²) < 4.78 is 0. The molecule has 8 heteroatoms. The zero-order valence-corrected chi connectivity index (χ0v) is 5.26. The lowest BCUT2D eigenvalue weighted by Crippen LogP contribution is -1.88. The molecule has 0 aromatic carbocycles. The molecular weight excluding hydrogens is 152 g/mol. The van der Waals surface area contributed by atoms with Gasteiger partial charge in [0.1, 0.15) is 6.20 Å². The topological polar surface area (TPSA) is 132 Å². The molecule has 0 saturated heterocycles. The first-order chi connectivity index (χ1) is 5.22. The van der Waals surface area contributed by atoms with Gasteiger partial charge in [0.05, 0.1) is 6.20 Å². The molecule has 0 amide bonds. The summed E-state index contributed by atoms with van der Waals surface area (Å²) in [5.74, 6) is -0.218. The number of hydrogen-bond donors (Lipinski definition) is 2. The van der Waals surface area contributed by atoms with Gasteiger partial charge in [-0.05, 0) is 15.4 Å². The third-order valence-electron chi connectivity index (χ3n) is 0.657. The summed E-state index contributed by atoms with van der Waals surface area (Å²) in [6, 6.07) is 0. The van der Waals surface area contributed by atoms with Crippen LogP contribution in [0.15, 0.2) is 12.4 Å². The minimum Gasteiger partial charge on any atom is -0.390 e. The molecule has 0 aliphatic heterocycles. The van der Waals surface area contributed by atoms with Crippen molar-refractivity contribution in [2.75, 3.05) is 0 Å². The van der Waals surface area contributed by atoms with Crippen LogP contribution in [0.1, 0.15) is 0 Å². The molecule has 0 aliphatic carbocycles. The molecule has 1 rings (SSSR count). The van der Waals surface area contributed by atoms with Gasteiger partial charge >= 0.3 is 5.95 Å². The SMILES string of the molecule is O=[N+]([O-])c1ncc[nH]1.[N-]=[N+]=N. The number of imidazole rings is 1. The Morgan fingerprint density at radius 1 is 1.91 bits per heavy atom. The minimum absolute atomic E-state index is 0.218. The Hall–Kier alpha value is -2.08. The van der Waals surface area contributed by atoms with Crippen LogP contribution in [0.3, 0.4) is 0 Å². The average Bonchev–Trinajstić information content (AvgIpc) is 2.38. The summed E-state index contributed by atoms with van der Waals surface area (Å²) >= 11 is 0. The number of nitrogens with zero attached hydrogens (tertiary/aromatic N) is 4. The zero-order chi connectivity index (χ0) is 8.69. The Bertz CT molecular complexity index is 247. The molecule has 8 nitrogen and oxygen atoms in total. The maximum atomic E-state index is 9.77. The molecule has 0 fully saturated rings. The predicted octanol–water partition coefficient (Wildman–Crippen LogP) is 1.19. The first-order valence-electron chi connectivity index (χ1n) is 2.37. The standard InChI is InChI=1S/C3H3N3O2.HN3/c7-6(8)3-4-1-2-5-3;1-3-2/h1-2H,(H,4,5);1H. The summed E-state index contributed by atoms with van der Waals surface area (Å²) in [6.07, 6.45) is 2.73. The van der Waals surface area contributed by atoms with Crippen molar-refractivity contribution in [2.45, 2.75) is 0 Å². The lowest BCUT2D eigenvalue weighted by Gasteiger charge is -1.83. The van der Waals surface area contributed by atoms with Crippen LogP contribution in [-0.2, 0) is 0 Å². The van der Waals surface area contributed by atoms with Gasteiger partial charge in [-0.25, -0.2) is 4.98 Å². The Morgan fingerprint density at radius 2 is 2.45 bits per heavy atom. The monoisotopic (exact) mass is 156 g/mol. The predicted molar refractivity (Wildman–Crippen MR) is 34.7 cm³/mol. The van der Waals surface area contributed by atoms with E-state index in [2.05, 4.69) is 9.97 Å². The maximum absolute atomic E-state index is 9.77. The second-order valence-corrected chi connectivity index (χ2v) is 1.27. The van der Waals surface area contributed by atoms with Crippen LogP contribution in [0.2, 0.25) is 0 Å². The molecule has 1 aromatic heterocycles. The van der Waals surface area contributed by atoms with Gasteiger partial charge in [0.2, 0.25) is 0 Å². The van der Waals surface area contributed by atoms with Crippen molar-refractivity contribution in [3.8, 4) is 0 Å². The van der Waals surface area contributed by atoms with Crippen LogP contribution in [0.25, 0.3) is 10.4 Å². The third kappa shape index (κ3) is 3.49. The van der Waals surface area contributed by atoms with E-state index in [0.29, 0.717) is 0 Å². The number of nitrogens with one attached hydrogen (secondary N) is 2. The number of H-pyrrole nitrogens is 1. The first-order valence-corrected chi connectivity index (χ1v) is 2.37. The quantitative estimate of drug-likeness (QED) is 0.208. The molecule has 2 N–H and O–H groups in total. The Labute approximate surface area is 60.4 Å². The van der Waals surface area contributed by atoms with Gasteiger partial charge in [0.15, 0.2) is 0 Å². The molecule has 0 saturated carbocycles. The van der Waals surface area contributed by atoms with E-state index >= 15 is 0 Å². The highest BCUT2D eigenvalue weighted by molar-refractivity contribution is 5.00. The fourth-order valence-corrected chi connectivity index (χ4v) is 0.357. The van der Waals surface area contributed by atoms with Crippen LogP contribution >= 0.6 is 0 Å². The van der Waals surface area contributed by atoms with Crippen molar-refractivity contribution < 1.29 is 4.92 Å². The van der Waals surface area contributed by atoms with Gasteiger partial charge in [-0.2, -0.15) is 0 Å². The van der Waals surface area contributed by atoms with Gasteiger partial charge in [-0.15, -0.1) is 5.53 Å². The molecule has 1 heterocycles. The molecule has 0 spiro atoms. The Balaban J connectivity index is 0.000000292. The van der Waals surface area contributed by atoms with E-state index in [-0.39, 0.29) is 5.95 Å². The summed E-state index contributed by atoms with van der Waals surface area (Å²) in [6.45, 7) is 0. The zero-order valence-electron chi connectivity index (χ0n) is 5.26. The van der Waals surface area contributed by atoms with Gasteiger partial charge in [0, 0.05) is 0 Å². The molecule has 11 heavy (non-hydrogen) atoms. The van der Waals surface area contributed by atoms with Crippen LogP contribution in [0.5, 0.6) is 0 Å². The third-order valence-corrected chi connectivity index (χ3v) is 0.657. The Kier molecular flexibility index (Phi) is 3.87. The van der Waals surface area contributed by atoms with Crippen molar-refractivity contribution in [3.63, 3.8) is 0 Å². The molecular formula is C3H4N6O2. The van der Waals surface area contributed by atoms with Crippen LogP contribution < -0.4 is 0 Å². The summed E-state index contributed by atoms with van der Waals surface area (Å²) in [5, 5.41) is 9.77. The number of nitro groups is 1. The molecule has 0 bridgehead atoms. The van der Waals surface area contributed by atoms with Crippen molar-refractivity contribution in [1.29, 1.82) is 5.53 Å². The number of aromatic amines is 1. The molecule has 0 radical (unpaired) electrons. The van der Waals surface area contributed by atoms with E-state index in [1.54, 1.807) is 4.91 Å². The lowest BCUT2D eigenvalue weighted by molar-refractivity contribution is -0.393. The first kappa shape index (κ1) is 8.92. The smallest absolute Gasteiger partial charge is 0.390 e. The van der Waals surface area contributed by atoms with Crippen LogP contribution in [-0.4, -0.2) is 14.9 Å². The number of rotatable bonds is 1. The van der Waals surface area contributed by atoms with Gasteiger partial charge in [-0.1, -0.05) is 4.98 Å². The van der Waals surface area contributed by atoms with Gasteiger partial charge in [0.25, 0.3) is 0 Å². The van der Waals surface area contributed by atoms with E-state index in [1.165, 1.54) is 12.4 Å². The van der Waals surface area contributed by atoms with Crippen molar-refractivity contribution in [3.05, 3.63) is 33.0 Å². The van der Waals surface area contributed by atoms with Gasteiger partial charge < -0.3 is 10.1 Å². The second-order valence-electron chi connectivity index (χ2n) is 1.27. The molecule has 1 aromatic rings. The molecule has 0 aliphatic rings. The van der Waals surface area contributed by atoms with Gasteiger partial charge in [-0.3, -0.25) is 0 Å². The van der Waals surface area contributed by atoms with E-state index in [9.17, 15) is 10.1 Å². The van der Waals surface area contributed by atoms with Crippen molar-refractivity contribution >= 4 is 5.95 Å². The van der Waals surface area contributed by atoms with E-state index in [1.807, 2.05) is 0 Å². The van der Waals surface area contributed by atoms with E-state index in [0.717, 1.165) is 0 Å². The van der Waals surface area contributed by atoms with Crippen LogP contribution in [0, 0.1) is 15.6 Å². The van der Waals surface area contributed by atoms with Crippen molar-refractivity contribution in [1.82, 2.24) is 9.97 Å². The normalized spacial score (nSPS) is 7.27. The lowest BCUT2D eigenvalue weighted by atomic mass is 11.0. The molecule has 58 valence electrons. The number of aromatic nitrogens is 2. The highest BCUT2D eigenvalue weighted by Gasteiger charge is 2.01.